The Morgan fingerprint density at radius 2 is 1.74 bits per heavy atom. The summed E-state index contributed by atoms with van der Waals surface area (Å²) in [5.74, 6) is -1.58. The Bertz CT molecular complexity index is 649. The fourth-order valence-corrected chi connectivity index (χ4v) is 2.09. The molecule has 2 aromatic carbocycles. The van der Waals surface area contributed by atoms with Gasteiger partial charge in [0, 0.05) is 4.47 Å². The lowest BCUT2D eigenvalue weighted by molar-refractivity contribution is 0.102. The van der Waals surface area contributed by atoms with Crippen LogP contribution in [-0.2, 0) is 0 Å². The molecular formula is C13H7BrClF2NO. The Labute approximate surface area is 121 Å². The van der Waals surface area contributed by atoms with Crippen LogP contribution in [-0.4, -0.2) is 5.91 Å². The molecule has 0 radical (unpaired) electrons. The summed E-state index contributed by atoms with van der Waals surface area (Å²) in [7, 11) is 0. The second-order valence-corrected chi connectivity index (χ2v) is 4.96. The van der Waals surface area contributed by atoms with Crippen LogP contribution in [0.1, 0.15) is 10.4 Å². The minimum absolute atomic E-state index is 0.0703. The van der Waals surface area contributed by atoms with Crippen LogP contribution in [0.2, 0.25) is 5.02 Å². The van der Waals surface area contributed by atoms with Crippen molar-refractivity contribution >= 4 is 39.1 Å². The summed E-state index contributed by atoms with van der Waals surface area (Å²) in [5.41, 5.74) is 0.379. The molecule has 0 aliphatic heterocycles. The van der Waals surface area contributed by atoms with Crippen molar-refractivity contribution in [3.8, 4) is 0 Å². The molecule has 0 spiro atoms. The van der Waals surface area contributed by atoms with Crippen molar-refractivity contribution < 1.29 is 13.6 Å². The molecule has 19 heavy (non-hydrogen) atoms. The summed E-state index contributed by atoms with van der Waals surface area (Å²) >= 11 is 8.95. The Kier molecular flexibility index (Phi) is 4.17. The third-order valence-electron chi connectivity index (χ3n) is 2.35. The molecule has 0 unspecified atom stereocenters. The van der Waals surface area contributed by atoms with Crippen LogP contribution in [0.4, 0.5) is 14.5 Å². The molecule has 0 aliphatic rings. The third-order valence-corrected chi connectivity index (χ3v) is 3.36. The average Bonchev–Trinajstić information content (AvgIpc) is 2.35. The van der Waals surface area contributed by atoms with Crippen molar-refractivity contribution in [2.75, 3.05) is 5.32 Å². The molecule has 0 aromatic heterocycles. The molecule has 2 aromatic rings. The van der Waals surface area contributed by atoms with E-state index in [2.05, 4.69) is 21.2 Å². The molecule has 0 fully saturated rings. The highest BCUT2D eigenvalue weighted by Crippen LogP contribution is 2.24. The van der Waals surface area contributed by atoms with E-state index in [4.69, 9.17) is 11.6 Å². The highest BCUT2D eigenvalue weighted by atomic mass is 79.9. The summed E-state index contributed by atoms with van der Waals surface area (Å²) in [6.07, 6.45) is 0. The summed E-state index contributed by atoms with van der Waals surface area (Å²) in [6.45, 7) is 0. The zero-order chi connectivity index (χ0) is 14.0. The number of amides is 1. The fraction of sp³-hybridized carbons (Fsp3) is 0. The van der Waals surface area contributed by atoms with Gasteiger partial charge in [0.2, 0.25) is 0 Å². The second-order valence-electron chi connectivity index (χ2n) is 3.70. The van der Waals surface area contributed by atoms with E-state index in [9.17, 15) is 13.6 Å². The first-order valence-electron chi connectivity index (χ1n) is 5.19. The van der Waals surface area contributed by atoms with Gasteiger partial charge in [-0.25, -0.2) is 8.78 Å². The molecule has 0 aliphatic carbocycles. The Hall–Kier alpha value is -1.46. The van der Waals surface area contributed by atoms with Crippen molar-refractivity contribution in [3.63, 3.8) is 0 Å². The predicted octanol–water partition coefficient (Wildman–Crippen LogP) is 4.63. The minimum atomic E-state index is -0.542. The number of hydrogen-bond acceptors (Lipinski definition) is 1. The van der Waals surface area contributed by atoms with E-state index in [1.165, 1.54) is 24.3 Å². The average molecular weight is 347 g/mol. The van der Waals surface area contributed by atoms with Gasteiger partial charge >= 0.3 is 0 Å². The molecule has 98 valence electrons. The quantitative estimate of drug-likeness (QED) is 0.844. The highest BCUT2D eigenvalue weighted by Gasteiger charge is 2.13. The number of halogens is 4. The normalized spacial score (nSPS) is 10.3. The maximum absolute atomic E-state index is 13.1. The van der Waals surface area contributed by atoms with Crippen molar-refractivity contribution in [3.05, 3.63) is 63.1 Å². The molecule has 2 nitrogen and oxygen atoms in total. The molecule has 0 saturated heterocycles. The van der Waals surface area contributed by atoms with Crippen LogP contribution in [0, 0.1) is 11.6 Å². The van der Waals surface area contributed by atoms with Crippen LogP contribution in [0.3, 0.4) is 0 Å². The maximum Gasteiger partial charge on any atom is 0.256 e. The monoisotopic (exact) mass is 345 g/mol. The first kappa shape index (κ1) is 14.0. The number of carbonyl (C=O) groups excluding carboxylic acids is 1. The SMILES string of the molecule is O=C(Nc1ccc(F)cc1Cl)c1cc(F)ccc1Br. The molecule has 0 atom stereocenters. The summed E-state index contributed by atoms with van der Waals surface area (Å²) in [5, 5.41) is 2.56. The summed E-state index contributed by atoms with van der Waals surface area (Å²) in [4.78, 5) is 12.0. The fourth-order valence-electron chi connectivity index (χ4n) is 1.45. The van der Waals surface area contributed by atoms with E-state index in [1.54, 1.807) is 0 Å². The van der Waals surface area contributed by atoms with E-state index in [1.807, 2.05) is 0 Å². The van der Waals surface area contributed by atoms with Gasteiger partial charge in [0.15, 0.2) is 0 Å². The van der Waals surface area contributed by atoms with Crippen LogP contribution in [0.25, 0.3) is 0 Å². The van der Waals surface area contributed by atoms with Gasteiger partial charge in [-0.1, -0.05) is 11.6 Å². The van der Waals surface area contributed by atoms with E-state index in [-0.39, 0.29) is 16.3 Å². The van der Waals surface area contributed by atoms with Crippen LogP contribution < -0.4 is 5.32 Å². The molecule has 6 heteroatoms. The van der Waals surface area contributed by atoms with Gasteiger partial charge in [-0.15, -0.1) is 0 Å². The van der Waals surface area contributed by atoms with Crippen molar-refractivity contribution in [2.45, 2.75) is 0 Å². The number of carbonyl (C=O) groups is 1. The molecule has 1 amide bonds. The molecule has 2 rings (SSSR count). The molecule has 0 heterocycles. The van der Waals surface area contributed by atoms with Crippen molar-refractivity contribution in [1.29, 1.82) is 0 Å². The van der Waals surface area contributed by atoms with Gasteiger partial charge in [-0.3, -0.25) is 4.79 Å². The number of benzene rings is 2. The first-order valence-corrected chi connectivity index (χ1v) is 6.36. The maximum atomic E-state index is 13.1. The molecule has 0 bridgehead atoms. The van der Waals surface area contributed by atoms with Crippen LogP contribution in [0.5, 0.6) is 0 Å². The van der Waals surface area contributed by atoms with Gasteiger partial charge in [-0.05, 0) is 52.3 Å². The zero-order valence-corrected chi connectivity index (χ0v) is 11.7. The Morgan fingerprint density at radius 3 is 2.42 bits per heavy atom. The highest BCUT2D eigenvalue weighted by molar-refractivity contribution is 9.10. The zero-order valence-electron chi connectivity index (χ0n) is 9.38. The van der Waals surface area contributed by atoms with E-state index >= 15 is 0 Å². The van der Waals surface area contributed by atoms with Crippen molar-refractivity contribution in [1.82, 2.24) is 0 Å². The smallest absolute Gasteiger partial charge is 0.256 e. The third kappa shape index (κ3) is 3.30. The number of rotatable bonds is 2. The van der Waals surface area contributed by atoms with E-state index < -0.39 is 17.5 Å². The van der Waals surface area contributed by atoms with Gasteiger partial charge in [0.1, 0.15) is 11.6 Å². The number of anilines is 1. The predicted molar refractivity (Wildman–Crippen MR) is 73.5 cm³/mol. The Morgan fingerprint density at radius 1 is 1.11 bits per heavy atom. The minimum Gasteiger partial charge on any atom is -0.321 e. The van der Waals surface area contributed by atoms with Gasteiger partial charge in [0.25, 0.3) is 5.91 Å². The molecular weight excluding hydrogens is 340 g/mol. The van der Waals surface area contributed by atoms with Crippen LogP contribution >= 0.6 is 27.5 Å². The van der Waals surface area contributed by atoms with E-state index in [0.717, 1.165) is 12.1 Å². The molecule has 0 saturated carbocycles. The largest absolute Gasteiger partial charge is 0.321 e. The van der Waals surface area contributed by atoms with Crippen molar-refractivity contribution in [2.24, 2.45) is 0 Å². The van der Waals surface area contributed by atoms with E-state index in [0.29, 0.717) is 4.47 Å². The lowest BCUT2D eigenvalue weighted by Gasteiger charge is -2.08. The second kappa shape index (κ2) is 5.67. The summed E-state index contributed by atoms with van der Waals surface area (Å²) in [6, 6.07) is 7.34. The Balaban J connectivity index is 2.28. The molecule has 1 N–H and O–H groups in total. The number of hydrogen-bond donors (Lipinski definition) is 1. The van der Waals surface area contributed by atoms with Gasteiger partial charge in [-0.2, -0.15) is 0 Å². The van der Waals surface area contributed by atoms with Gasteiger partial charge < -0.3 is 5.32 Å². The summed E-state index contributed by atoms with van der Waals surface area (Å²) < 4.78 is 26.4. The van der Waals surface area contributed by atoms with Crippen LogP contribution in [0.15, 0.2) is 40.9 Å². The standard InChI is InChI=1S/C13H7BrClF2NO/c14-10-3-1-7(16)5-9(10)13(19)18-12-4-2-8(17)6-11(12)15/h1-6H,(H,18,19). The lowest BCUT2D eigenvalue weighted by atomic mass is 10.2. The lowest BCUT2D eigenvalue weighted by Crippen LogP contribution is -2.13. The van der Waals surface area contributed by atoms with Gasteiger partial charge in [0.05, 0.1) is 16.3 Å². The topological polar surface area (TPSA) is 29.1 Å². The number of nitrogens with one attached hydrogen (secondary N) is 1. The first-order chi connectivity index (χ1) is 8.97.